The second kappa shape index (κ2) is 5.25. The van der Waals surface area contributed by atoms with Gasteiger partial charge in [-0.2, -0.15) is 10.1 Å². The maximum Gasteiger partial charge on any atom is 0.321 e. The van der Waals surface area contributed by atoms with Crippen LogP contribution in [0.4, 0.5) is 10.7 Å². The first-order valence-corrected chi connectivity index (χ1v) is 6.11. The summed E-state index contributed by atoms with van der Waals surface area (Å²) >= 11 is 0. The molecule has 0 spiro atoms. The lowest BCUT2D eigenvalue weighted by atomic mass is 9.66. The molecule has 8 heteroatoms. The predicted octanol–water partition coefficient (Wildman–Crippen LogP) is 0.582. The van der Waals surface area contributed by atoms with Crippen molar-refractivity contribution in [2.45, 2.75) is 25.7 Å². The van der Waals surface area contributed by atoms with Gasteiger partial charge in [0.25, 0.3) is 0 Å². The molecule has 1 heterocycles. The highest BCUT2D eigenvalue weighted by Gasteiger charge is 2.39. The lowest BCUT2D eigenvalue weighted by Crippen LogP contribution is -2.44. The standard InChI is InChI=1S/C11H17N5O3/c1-16-9(13-7-14-16)15-10(19)12-6-11(3-2-4-11)5-8(17)18/h7H,2-6H2,1H3,(H,17,18)(H2,12,13,14,15,19). The summed E-state index contributed by atoms with van der Waals surface area (Å²) in [6.45, 7) is 0.364. The zero-order valence-electron chi connectivity index (χ0n) is 10.7. The molecule has 104 valence electrons. The van der Waals surface area contributed by atoms with E-state index in [4.69, 9.17) is 5.11 Å². The van der Waals surface area contributed by atoms with Crippen molar-refractivity contribution in [1.82, 2.24) is 20.1 Å². The minimum Gasteiger partial charge on any atom is -0.481 e. The van der Waals surface area contributed by atoms with Gasteiger partial charge in [-0.15, -0.1) is 0 Å². The smallest absolute Gasteiger partial charge is 0.321 e. The second-order valence-electron chi connectivity index (χ2n) is 4.94. The van der Waals surface area contributed by atoms with Crippen molar-refractivity contribution in [3.8, 4) is 0 Å². The first-order valence-electron chi connectivity index (χ1n) is 6.11. The average Bonchev–Trinajstić information content (AvgIpc) is 2.68. The van der Waals surface area contributed by atoms with Gasteiger partial charge in [0.05, 0.1) is 6.42 Å². The maximum atomic E-state index is 11.7. The predicted molar refractivity (Wildman–Crippen MR) is 66.6 cm³/mol. The lowest BCUT2D eigenvalue weighted by molar-refractivity contribution is -0.141. The summed E-state index contributed by atoms with van der Waals surface area (Å²) in [6.07, 6.45) is 4.12. The molecule has 2 amide bonds. The zero-order valence-corrected chi connectivity index (χ0v) is 10.7. The van der Waals surface area contributed by atoms with Gasteiger partial charge in [0, 0.05) is 13.6 Å². The van der Waals surface area contributed by atoms with Gasteiger partial charge in [-0.3, -0.25) is 10.1 Å². The molecule has 0 bridgehead atoms. The van der Waals surface area contributed by atoms with Gasteiger partial charge in [-0.05, 0) is 18.3 Å². The zero-order chi connectivity index (χ0) is 13.9. The summed E-state index contributed by atoms with van der Waals surface area (Å²) in [5, 5.41) is 18.0. The van der Waals surface area contributed by atoms with Crippen LogP contribution in [0.1, 0.15) is 25.7 Å². The Bertz CT molecular complexity index is 480. The van der Waals surface area contributed by atoms with Crippen LogP contribution in [0.2, 0.25) is 0 Å². The molecule has 0 aliphatic heterocycles. The Labute approximate surface area is 110 Å². The molecule has 1 aromatic heterocycles. The van der Waals surface area contributed by atoms with E-state index < -0.39 is 12.0 Å². The number of aliphatic carboxylic acids is 1. The molecule has 0 atom stereocenters. The highest BCUT2D eigenvalue weighted by Crippen LogP contribution is 2.43. The number of carbonyl (C=O) groups excluding carboxylic acids is 1. The van der Waals surface area contributed by atoms with E-state index in [0.717, 1.165) is 19.3 Å². The first kappa shape index (κ1) is 13.3. The van der Waals surface area contributed by atoms with Crippen LogP contribution in [0.3, 0.4) is 0 Å². The van der Waals surface area contributed by atoms with Crippen molar-refractivity contribution in [2.24, 2.45) is 12.5 Å². The normalized spacial score (nSPS) is 16.5. The van der Waals surface area contributed by atoms with Crippen LogP contribution in [0.5, 0.6) is 0 Å². The number of nitrogens with zero attached hydrogens (tertiary/aromatic N) is 3. The van der Waals surface area contributed by atoms with Gasteiger partial charge in [0.15, 0.2) is 0 Å². The summed E-state index contributed by atoms with van der Waals surface area (Å²) < 4.78 is 1.44. The molecule has 1 fully saturated rings. The van der Waals surface area contributed by atoms with Crippen LogP contribution in [0.15, 0.2) is 6.33 Å². The Morgan fingerprint density at radius 3 is 2.74 bits per heavy atom. The van der Waals surface area contributed by atoms with Gasteiger partial charge in [-0.1, -0.05) is 6.42 Å². The minimum absolute atomic E-state index is 0.0945. The topological polar surface area (TPSA) is 109 Å². The number of hydrogen-bond donors (Lipinski definition) is 3. The van der Waals surface area contributed by atoms with Crippen LogP contribution in [-0.2, 0) is 11.8 Å². The van der Waals surface area contributed by atoms with Gasteiger partial charge in [-0.25, -0.2) is 9.48 Å². The van der Waals surface area contributed by atoms with E-state index in [0.29, 0.717) is 12.5 Å². The number of aryl methyl sites for hydroxylation is 1. The number of urea groups is 1. The summed E-state index contributed by atoms with van der Waals surface area (Å²) in [7, 11) is 1.67. The fourth-order valence-corrected chi connectivity index (χ4v) is 2.24. The molecule has 3 N–H and O–H groups in total. The van der Waals surface area contributed by atoms with Crippen molar-refractivity contribution < 1.29 is 14.7 Å². The van der Waals surface area contributed by atoms with Gasteiger partial charge >= 0.3 is 12.0 Å². The van der Waals surface area contributed by atoms with E-state index in [1.54, 1.807) is 7.05 Å². The van der Waals surface area contributed by atoms with Crippen molar-refractivity contribution in [1.29, 1.82) is 0 Å². The molecule has 1 saturated carbocycles. The molecule has 2 rings (SSSR count). The molecular formula is C11H17N5O3. The number of amides is 2. The van der Waals surface area contributed by atoms with Crippen molar-refractivity contribution >= 4 is 17.9 Å². The van der Waals surface area contributed by atoms with Gasteiger partial charge in [0.1, 0.15) is 6.33 Å². The monoisotopic (exact) mass is 267 g/mol. The largest absolute Gasteiger partial charge is 0.481 e. The van der Waals surface area contributed by atoms with Crippen molar-refractivity contribution in [2.75, 3.05) is 11.9 Å². The van der Waals surface area contributed by atoms with Crippen LogP contribution >= 0.6 is 0 Å². The van der Waals surface area contributed by atoms with E-state index in [2.05, 4.69) is 20.7 Å². The molecule has 1 aliphatic carbocycles. The molecule has 1 aromatic rings. The van der Waals surface area contributed by atoms with E-state index in [1.807, 2.05) is 0 Å². The number of hydrogen-bond acceptors (Lipinski definition) is 4. The second-order valence-corrected chi connectivity index (χ2v) is 4.94. The number of carbonyl (C=O) groups is 2. The number of carboxylic acid groups (broad SMARTS) is 1. The molecule has 19 heavy (non-hydrogen) atoms. The fourth-order valence-electron chi connectivity index (χ4n) is 2.24. The SMILES string of the molecule is Cn1ncnc1NC(=O)NCC1(CC(=O)O)CCC1. The Hall–Kier alpha value is -2.12. The van der Waals surface area contributed by atoms with Crippen LogP contribution < -0.4 is 10.6 Å². The molecule has 1 aliphatic rings. The number of rotatable bonds is 5. The highest BCUT2D eigenvalue weighted by molar-refractivity contribution is 5.87. The third kappa shape index (κ3) is 3.21. The average molecular weight is 267 g/mol. The Morgan fingerprint density at radius 1 is 1.53 bits per heavy atom. The molecule has 0 radical (unpaired) electrons. The van der Waals surface area contributed by atoms with Crippen LogP contribution in [-0.4, -0.2) is 38.4 Å². The van der Waals surface area contributed by atoms with Gasteiger partial charge in [0.2, 0.25) is 5.95 Å². The number of anilines is 1. The Morgan fingerprint density at radius 2 is 2.26 bits per heavy atom. The highest BCUT2D eigenvalue weighted by atomic mass is 16.4. The molecule has 0 saturated heterocycles. The van der Waals surface area contributed by atoms with Crippen LogP contribution in [0.25, 0.3) is 0 Å². The van der Waals surface area contributed by atoms with E-state index in [1.165, 1.54) is 11.0 Å². The number of nitrogens with one attached hydrogen (secondary N) is 2. The third-order valence-electron chi connectivity index (χ3n) is 3.50. The van der Waals surface area contributed by atoms with Crippen molar-refractivity contribution in [3.63, 3.8) is 0 Å². The number of carboxylic acids is 1. The maximum absolute atomic E-state index is 11.7. The summed E-state index contributed by atoms with van der Waals surface area (Å²) in [4.78, 5) is 26.4. The van der Waals surface area contributed by atoms with Crippen molar-refractivity contribution in [3.05, 3.63) is 6.33 Å². The Kier molecular flexibility index (Phi) is 3.68. The van der Waals surface area contributed by atoms with Gasteiger partial charge < -0.3 is 10.4 Å². The molecule has 0 aromatic carbocycles. The summed E-state index contributed by atoms with van der Waals surface area (Å²) in [6, 6.07) is -0.396. The lowest BCUT2D eigenvalue weighted by Gasteiger charge is -2.40. The summed E-state index contributed by atoms with van der Waals surface area (Å²) in [5.41, 5.74) is -0.289. The molecular weight excluding hydrogens is 250 g/mol. The van der Waals surface area contributed by atoms with Crippen LogP contribution in [0, 0.1) is 5.41 Å². The fraction of sp³-hybridized carbons (Fsp3) is 0.636. The molecule has 8 nitrogen and oxygen atoms in total. The third-order valence-corrected chi connectivity index (χ3v) is 3.50. The molecule has 0 unspecified atom stereocenters. The first-order chi connectivity index (χ1) is 9.01. The van der Waals surface area contributed by atoms with E-state index in [-0.39, 0.29) is 11.8 Å². The number of aromatic nitrogens is 3. The van der Waals surface area contributed by atoms with E-state index >= 15 is 0 Å². The van der Waals surface area contributed by atoms with E-state index in [9.17, 15) is 9.59 Å². The quantitative estimate of drug-likeness (QED) is 0.723. The summed E-state index contributed by atoms with van der Waals surface area (Å²) in [5.74, 6) is -0.478. The minimum atomic E-state index is -0.824. The Balaban J connectivity index is 1.83.